The topological polar surface area (TPSA) is 49.5 Å². The molecule has 4 nitrogen and oxygen atoms in total. The molecule has 2 aromatic rings. The van der Waals surface area contributed by atoms with Crippen LogP contribution in [0.1, 0.15) is 12.3 Å². The number of aliphatic hydroxyl groups is 1. The molecule has 0 unspecified atom stereocenters. The maximum atomic E-state index is 13.2. The number of benzene rings is 1. The lowest BCUT2D eigenvalue weighted by molar-refractivity contribution is -0.148. The molecule has 8 heteroatoms. The molecule has 0 aliphatic carbocycles. The van der Waals surface area contributed by atoms with Gasteiger partial charge in [-0.3, -0.25) is 4.90 Å². The van der Waals surface area contributed by atoms with Gasteiger partial charge in [-0.05, 0) is 18.6 Å². The maximum absolute atomic E-state index is 13.2. The quantitative estimate of drug-likeness (QED) is 0.791. The summed E-state index contributed by atoms with van der Waals surface area (Å²) in [4.78, 5) is 5.03. The summed E-state index contributed by atoms with van der Waals surface area (Å²) in [5.74, 6) is -0.0536. The summed E-state index contributed by atoms with van der Waals surface area (Å²) in [5, 5.41) is 8.78. The van der Waals surface area contributed by atoms with Crippen molar-refractivity contribution in [2.75, 3.05) is 19.7 Å². The third-order valence-corrected chi connectivity index (χ3v) is 3.06. The van der Waals surface area contributed by atoms with E-state index in [1.165, 1.54) is 24.4 Å². The zero-order chi connectivity index (χ0) is 16.9. The Balaban J connectivity index is 2.08. The van der Waals surface area contributed by atoms with E-state index in [0.717, 1.165) is 4.90 Å². The van der Waals surface area contributed by atoms with Gasteiger partial charge in [0.1, 0.15) is 5.82 Å². The predicted molar refractivity (Wildman–Crippen MR) is 74.9 cm³/mol. The zero-order valence-corrected chi connectivity index (χ0v) is 12.2. The summed E-state index contributed by atoms with van der Waals surface area (Å²) in [6.07, 6.45) is -2.79. The Labute approximate surface area is 130 Å². The minimum atomic E-state index is -4.35. The number of alkyl halides is 3. The lowest BCUT2D eigenvalue weighted by Crippen LogP contribution is -2.35. The molecule has 1 N–H and O–H groups in total. The van der Waals surface area contributed by atoms with Crippen molar-refractivity contribution >= 4 is 0 Å². The van der Waals surface area contributed by atoms with Crippen molar-refractivity contribution in [1.82, 2.24) is 9.88 Å². The standard InChI is InChI=1S/C15H16F4N2O2/c16-12-4-1-3-11(7-12)13-8-20-14(23-13)9-21(5-2-6-22)10-15(17,18)19/h1,3-4,7-8,22H,2,5-6,9-10H2. The predicted octanol–water partition coefficient (Wildman–Crippen LogP) is 3.23. The van der Waals surface area contributed by atoms with Gasteiger partial charge in [0.05, 0.1) is 19.3 Å². The maximum Gasteiger partial charge on any atom is 0.401 e. The molecule has 2 rings (SSSR count). The average molecular weight is 332 g/mol. The number of aromatic nitrogens is 1. The van der Waals surface area contributed by atoms with Crippen molar-refractivity contribution in [3.8, 4) is 11.3 Å². The molecule has 126 valence electrons. The van der Waals surface area contributed by atoms with E-state index in [1.54, 1.807) is 6.07 Å². The van der Waals surface area contributed by atoms with E-state index in [9.17, 15) is 17.6 Å². The van der Waals surface area contributed by atoms with E-state index < -0.39 is 18.5 Å². The summed E-state index contributed by atoms with van der Waals surface area (Å²) >= 11 is 0. The molecule has 0 spiro atoms. The summed E-state index contributed by atoms with van der Waals surface area (Å²) in [5.41, 5.74) is 0.460. The van der Waals surface area contributed by atoms with E-state index in [0.29, 0.717) is 5.56 Å². The van der Waals surface area contributed by atoms with Crippen LogP contribution in [0.2, 0.25) is 0 Å². The molecule has 0 bridgehead atoms. The highest BCUT2D eigenvalue weighted by Gasteiger charge is 2.31. The summed E-state index contributed by atoms with van der Waals surface area (Å²) in [6, 6.07) is 5.65. The number of oxazole rings is 1. The Morgan fingerprint density at radius 2 is 2.04 bits per heavy atom. The first kappa shape index (κ1) is 17.4. The Hall–Kier alpha value is -1.93. The van der Waals surface area contributed by atoms with Gasteiger partial charge in [-0.25, -0.2) is 9.37 Å². The average Bonchev–Trinajstić information content (AvgIpc) is 2.92. The van der Waals surface area contributed by atoms with Gasteiger partial charge in [0.25, 0.3) is 0 Å². The fourth-order valence-electron chi connectivity index (χ4n) is 2.11. The minimum Gasteiger partial charge on any atom is -0.439 e. The van der Waals surface area contributed by atoms with E-state index in [4.69, 9.17) is 9.52 Å². The van der Waals surface area contributed by atoms with E-state index in [1.807, 2.05) is 0 Å². The normalized spacial score (nSPS) is 12.1. The molecule has 0 saturated carbocycles. The largest absolute Gasteiger partial charge is 0.439 e. The Kier molecular flexibility index (Phi) is 5.73. The van der Waals surface area contributed by atoms with Crippen molar-refractivity contribution in [2.45, 2.75) is 19.1 Å². The second-order valence-electron chi connectivity index (χ2n) is 5.03. The molecule has 0 aliphatic rings. The molecule has 0 radical (unpaired) electrons. The first-order valence-electron chi connectivity index (χ1n) is 6.98. The highest BCUT2D eigenvalue weighted by molar-refractivity contribution is 5.56. The van der Waals surface area contributed by atoms with Crippen molar-refractivity contribution in [3.05, 3.63) is 42.2 Å². The van der Waals surface area contributed by atoms with Crippen molar-refractivity contribution < 1.29 is 27.1 Å². The van der Waals surface area contributed by atoms with Gasteiger partial charge in [-0.2, -0.15) is 13.2 Å². The Morgan fingerprint density at radius 3 is 2.70 bits per heavy atom. The lowest BCUT2D eigenvalue weighted by atomic mass is 10.2. The number of hydrogen-bond donors (Lipinski definition) is 1. The fourth-order valence-corrected chi connectivity index (χ4v) is 2.11. The summed E-state index contributed by atoms with van der Waals surface area (Å²) in [6.45, 7) is -1.40. The molecule has 1 heterocycles. The van der Waals surface area contributed by atoms with Crippen LogP contribution in [0.4, 0.5) is 17.6 Å². The van der Waals surface area contributed by atoms with Crippen LogP contribution in [0.15, 0.2) is 34.9 Å². The number of rotatable bonds is 7. The minimum absolute atomic E-state index is 0.0632. The molecule has 0 amide bonds. The van der Waals surface area contributed by atoms with Gasteiger partial charge >= 0.3 is 6.18 Å². The van der Waals surface area contributed by atoms with Gasteiger partial charge in [0.15, 0.2) is 5.76 Å². The van der Waals surface area contributed by atoms with Gasteiger partial charge in [-0.15, -0.1) is 0 Å². The smallest absolute Gasteiger partial charge is 0.401 e. The van der Waals surface area contributed by atoms with E-state index in [2.05, 4.69) is 4.98 Å². The Morgan fingerprint density at radius 1 is 1.26 bits per heavy atom. The fraction of sp³-hybridized carbons (Fsp3) is 0.400. The van der Waals surface area contributed by atoms with Crippen LogP contribution in [-0.4, -0.2) is 40.9 Å². The molecule has 0 fully saturated rings. The highest BCUT2D eigenvalue weighted by Crippen LogP contribution is 2.23. The number of hydrogen-bond acceptors (Lipinski definition) is 4. The summed E-state index contributed by atoms with van der Waals surface area (Å²) < 4.78 is 56.2. The molecule has 1 aromatic carbocycles. The van der Waals surface area contributed by atoms with Crippen LogP contribution in [0.5, 0.6) is 0 Å². The van der Waals surface area contributed by atoms with Crippen molar-refractivity contribution in [2.24, 2.45) is 0 Å². The third kappa shape index (κ3) is 5.65. The zero-order valence-electron chi connectivity index (χ0n) is 12.2. The molecular formula is C15H16F4N2O2. The second kappa shape index (κ2) is 7.56. The highest BCUT2D eigenvalue weighted by atomic mass is 19.4. The SMILES string of the molecule is OCCCN(Cc1ncc(-c2cccc(F)c2)o1)CC(F)(F)F. The number of nitrogens with zero attached hydrogens (tertiary/aromatic N) is 2. The first-order valence-corrected chi connectivity index (χ1v) is 6.98. The summed E-state index contributed by atoms with van der Waals surface area (Å²) in [7, 11) is 0. The lowest BCUT2D eigenvalue weighted by Gasteiger charge is -2.21. The van der Waals surface area contributed by atoms with Gasteiger partial charge in [-0.1, -0.05) is 12.1 Å². The van der Waals surface area contributed by atoms with Gasteiger partial charge in [0, 0.05) is 18.7 Å². The van der Waals surface area contributed by atoms with Gasteiger partial charge < -0.3 is 9.52 Å². The van der Waals surface area contributed by atoms with Crippen LogP contribution < -0.4 is 0 Å². The molecule has 1 aromatic heterocycles. The van der Waals surface area contributed by atoms with Crippen LogP contribution >= 0.6 is 0 Å². The number of aliphatic hydroxyl groups excluding tert-OH is 1. The van der Waals surface area contributed by atoms with Crippen molar-refractivity contribution in [1.29, 1.82) is 0 Å². The van der Waals surface area contributed by atoms with Crippen LogP contribution in [0.25, 0.3) is 11.3 Å². The third-order valence-electron chi connectivity index (χ3n) is 3.06. The van der Waals surface area contributed by atoms with Crippen LogP contribution in [-0.2, 0) is 6.54 Å². The Bertz CT molecular complexity index is 628. The van der Waals surface area contributed by atoms with Gasteiger partial charge in [0.2, 0.25) is 5.89 Å². The number of halogens is 4. The first-order chi connectivity index (χ1) is 10.9. The van der Waals surface area contributed by atoms with E-state index in [-0.39, 0.29) is 37.8 Å². The van der Waals surface area contributed by atoms with Crippen LogP contribution in [0.3, 0.4) is 0 Å². The van der Waals surface area contributed by atoms with Crippen molar-refractivity contribution in [3.63, 3.8) is 0 Å². The second-order valence-corrected chi connectivity index (χ2v) is 5.03. The van der Waals surface area contributed by atoms with E-state index >= 15 is 0 Å². The molecule has 0 saturated heterocycles. The molecule has 23 heavy (non-hydrogen) atoms. The van der Waals surface area contributed by atoms with Crippen LogP contribution in [0, 0.1) is 5.82 Å². The molecule has 0 atom stereocenters. The monoisotopic (exact) mass is 332 g/mol. The molecule has 0 aliphatic heterocycles. The molecular weight excluding hydrogens is 316 g/mol.